The van der Waals surface area contributed by atoms with E-state index in [0.29, 0.717) is 31.6 Å². The Morgan fingerprint density at radius 2 is 2.03 bits per heavy atom. The van der Waals surface area contributed by atoms with E-state index in [1.54, 1.807) is 13.0 Å². The molecule has 1 aliphatic heterocycles. The highest BCUT2D eigenvalue weighted by Crippen LogP contribution is 2.74. The Hall–Kier alpha value is -2.73. The number of rotatable bonds is 4. The lowest BCUT2D eigenvalue weighted by atomic mass is 9.43. The minimum absolute atomic E-state index is 0.00622. The van der Waals surface area contributed by atoms with Gasteiger partial charge >= 0.3 is 0 Å². The number of Topliss-reactive ketones (excluding diaryl/α,β-unsaturated/α-hetero) is 1. The predicted molar refractivity (Wildman–Crippen MR) is 138 cm³/mol. The maximum absolute atomic E-state index is 17.5. The van der Waals surface area contributed by atoms with Crippen LogP contribution in [0.1, 0.15) is 44.2 Å². The number of likely N-dealkylation sites (tertiary alicyclic amines) is 1. The first-order valence-electron chi connectivity index (χ1n) is 13.8. The summed E-state index contributed by atoms with van der Waals surface area (Å²) in [5.74, 6) is -2.11. The number of aliphatic hydroxyl groups is 2. The van der Waals surface area contributed by atoms with Gasteiger partial charge in [-0.2, -0.15) is 5.26 Å². The highest BCUT2D eigenvalue weighted by atomic mass is 19.1. The Kier molecular flexibility index (Phi) is 5.86. The zero-order valence-electron chi connectivity index (χ0n) is 22.2. The van der Waals surface area contributed by atoms with Crippen LogP contribution in [-0.4, -0.2) is 64.3 Å². The summed E-state index contributed by atoms with van der Waals surface area (Å²) in [6.07, 6.45) is 1.21. The molecule has 1 heterocycles. The highest BCUT2D eigenvalue weighted by Gasteiger charge is 2.78. The second kappa shape index (κ2) is 8.63. The van der Waals surface area contributed by atoms with Crippen molar-refractivity contribution in [3.05, 3.63) is 59.2 Å². The van der Waals surface area contributed by atoms with E-state index in [1.165, 1.54) is 18.2 Å². The van der Waals surface area contributed by atoms with Crippen molar-refractivity contribution in [1.29, 1.82) is 5.26 Å². The molecule has 39 heavy (non-hydrogen) atoms. The Labute approximate surface area is 227 Å². The Bertz CT molecular complexity index is 1350. The van der Waals surface area contributed by atoms with Crippen LogP contribution in [0.4, 0.5) is 8.78 Å². The highest BCUT2D eigenvalue weighted by molar-refractivity contribution is 6.01. The van der Waals surface area contributed by atoms with Gasteiger partial charge in [0.2, 0.25) is 0 Å². The quantitative estimate of drug-likeness (QED) is 0.611. The lowest BCUT2D eigenvalue weighted by Gasteiger charge is -2.63. The van der Waals surface area contributed by atoms with Gasteiger partial charge < -0.3 is 10.2 Å². The first-order valence-corrected chi connectivity index (χ1v) is 13.8. The monoisotopic (exact) mass is 536 g/mol. The third-order valence-corrected chi connectivity index (χ3v) is 11.3. The van der Waals surface area contributed by atoms with E-state index < -0.39 is 46.7 Å². The number of carbonyl (C=O) groups is 2. The lowest BCUT2D eigenvalue weighted by molar-refractivity contribution is -0.212. The van der Waals surface area contributed by atoms with Crippen LogP contribution in [0.25, 0.3) is 0 Å². The molecular weight excluding hydrogens is 502 g/mol. The van der Waals surface area contributed by atoms with Crippen molar-refractivity contribution in [2.24, 2.45) is 34.0 Å². The molecule has 0 radical (unpaired) electrons. The van der Waals surface area contributed by atoms with Gasteiger partial charge in [-0.25, -0.2) is 8.78 Å². The average molecular weight is 537 g/mol. The smallest absolute Gasteiger partial charge is 0.178 e. The number of nitriles is 1. The van der Waals surface area contributed by atoms with Gasteiger partial charge in [0, 0.05) is 31.0 Å². The molecule has 9 atom stereocenters. The number of carbonyl (C=O) groups excluding carboxylic acids is 2. The summed E-state index contributed by atoms with van der Waals surface area (Å²) in [5, 5.41) is 31.1. The zero-order valence-corrected chi connectivity index (χ0v) is 22.2. The number of halogens is 2. The summed E-state index contributed by atoms with van der Waals surface area (Å²) in [4.78, 5) is 27.9. The number of hydrogen-bond donors (Lipinski definition) is 2. The van der Waals surface area contributed by atoms with Crippen LogP contribution >= 0.6 is 0 Å². The minimum atomic E-state index is -2.19. The van der Waals surface area contributed by atoms with Crippen molar-refractivity contribution in [3.8, 4) is 6.07 Å². The third-order valence-electron chi connectivity index (χ3n) is 11.3. The lowest BCUT2D eigenvalue weighted by Crippen LogP contribution is -2.69. The van der Waals surface area contributed by atoms with Gasteiger partial charge in [0.25, 0.3) is 0 Å². The number of ketones is 2. The molecule has 0 unspecified atom stereocenters. The van der Waals surface area contributed by atoms with Crippen molar-refractivity contribution < 1.29 is 28.6 Å². The number of hydrogen-bond acceptors (Lipinski definition) is 6. The maximum Gasteiger partial charge on any atom is 0.178 e. The summed E-state index contributed by atoms with van der Waals surface area (Å²) < 4.78 is 33.2. The molecule has 6 rings (SSSR count). The molecular formula is C31H34F2N2O4. The van der Waals surface area contributed by atoms with Crippen molar-refractivity contribution in [2.75, 3.05) is 19.7 Å². The van der Waals surface area contributed by atoms with Gasteiger partial charge in [0.15, 0.2) is 17.2 Å². The number of alkyl halides is 2. The average Bonchev–Trinajstić information content (AvgIpc) is 3.38. The standard InChI is InChI=1S/C31H34F2N2O4/c1-28-7-6-21(37)10-24(28)25(32)11-23-22-9-20-15-35(14-19-5-3-4-18(8-19)13-34)17-30(20,27(39)16-36)29(22,2)12-26(38)31(23,28)33/h3-8,10,20,22-23,25-26,36,38H,9,11-12,14-17H2,1-2H3/t20-,22-,23-,25-,26-,28-,29-,30+,31-/m0/s1. The molecule has 8 heteroatoms. The Morgan fingerprint density at radius 1 is 1.26 bits per heavy atom. The van der Waals surface area contributed by atoms with Crippen LogP contribution in [0.5, 0.6) is 0 Å². The maximum atomic E-state index is 17.5. The second-order valence-corrected chi connectivity index (χ2v) is 12.8. The van der Waals surface area contributed by atoms with Crippen molar-refractivity contribution in [1.82, 2.24) is 4.90 Å². The normalized spacial score (nSPS) is 44.6. The van der Waals surface area contributed by atoms with Crippen LogP contribution in [0.15, 0.2) is 48.1 Å². The van der Waals surface area contributed by atoms with Crippen molar-refractivity contribution >= 4 is 11.6 Å². The van der Waals surface area contributed by atoms with Crippen LogP contribution in [0.2, 0.25) is 0 Å². The number of allylic oxidation sites excluding steroid dienone is 4. The molecule has 4 fully saturated rings. The van der Waals surface area contributed by atoms with E-state index in [-0.39, 0.29) is 41.8 Å². The molecule has 1 saturated heterocycles. The fraction of sp³-hybridized carbons (Fsp3) is 0.581. The molecule has 0 bridgehead atoms. The first kappa shape index (κ1) is 26.5. The molecule has 0 spiro atoms. The van der Waals surface area contributed by atoms with Gasteiger partial charge in [-0.1, -0.05) is 25.1 Å². The van der Waals surface area contributed by atoms with E-state index in [0.717, 1.165) is 5.56 Å². The van der Waals surface area contributed by atoms with Crippen molar-refractivity contribution in [3.63, 3.8) is 0 Å². The predicted octanol–water partition coefficient (Wildman–Crippen LogP) is 3.47. The Balaban J connectivity index is 1.39. The molecule has 1 aromatic rings. The minimum Gasteiger partial charge on any atom is -0.390 e. The number of nitrogens with zero attached hydrogens (tertiary/aromatic N) is 2. The molecule has 0 aromatic heterocycles. The number of fused-ring (bicyclic) bond motifs is 7. The summed E-state index contributed by atoms with van der Waals surface area (Å²) in [6, 6.07) is 9.45. The number of aliphatic hydroxyl groups excluding tert-OH is 2. The molecule has 206 valence electrons. The van der Waals surface area contributed by atoms with E-state index in [1.807, 2.05) is 25.1 Å². The molecule has 6 nitrogen and oxygen atoms in total. The molecule has 2 N–H and O–H groups in total. The fourth-order valence-corrected chi connectivity index (χ4v) is 9.64. The van der Waals surface area contributed by atoms with Gasteiger partial charge in [0.1, 0.15) is 12.8 Å². The second-order valence-electron chi connectivity index (χ2n) is 12.8. The topological polar surface area (TPSA) is 102 Å². The van der Waals surface area contributed by atoms with Gasteiger partial charge in [-0.3, -0.25) is 14.5 Å². The molecule has 4 aliphatic carbocycles. The Morgan fingerprint density at radius 3 is 2.74 bits per heavy atom. The van der Waals surface area contributed by atoms with Gasteiger partial charge in [-0.15, -0.1) is 0 Å². The summed E-state index contributed by atoms with van der Waals surface area (Å²) in [5.41, 5.74) is -3.95. The summed E-state index contributed by atoms with van der Waals surface area (Å²) >= 11 is 0. The molecule has 5 aliphatic rings. The third kappa shape index (κ3) is 3.27. The van der Waals surface area contributed by atoms with E-state index >= 15 is 8.78 Å². The van der Waals surface area contributed by atoms with Crippen molar-refractivity contribution in [2.45, 2.75) is 57.6 Å². The first-order chi connectivity index (χ1) is 18.4. The molecule has 0 amide bonds. The fourth-order valence-electron chi connectivity index (χ4n) is 9.64. The van der Waals surface area contributed by atoms with Gasteiger partial charge in [-0.05, 0) is 78.9 Å². The van der Waals surface area contributed by atoms with Crippen LogP contribution in [0, 0.1) is 45.3 Å². The van der Waals surface area contributed by atoms with Crippen LogP contribution in [0.3, 0.4) is 0 Å². The van der Waals surface area contributed by atoms with Gasteiger partial charge in [0.05, 0.1) is 23.2 Å². The summed E-state index contributed by atoms with van der Waals surface area (Å²) in [6.45, 7) is 4.26. The molecule has 1 aromatic carbocycles. The SMILES string of the molecule is C[C@]12C=CC(=O)C=C1[C@@H](F)C[C@H]1[C@@H]3C[C@H]4CN(Cc5cccc(C#N)c5)C[C@@]4(C(=O)CO)[C@@]3(C)C[C@H](O)[C@@]12F. The van der Waals surface area contributed by atoms with E-state index in [4.69, 9.17) is 0 Å². The molecule has 3 saturated carbocycles. The van der Waals surface area contributed by atoms with E-state index in [9.17, 15) is 25.1 Å². The van der Waals surface area contributed by atoms with Crippen LogP contribution < -0.4 is 0 Å². The number of benzene rings is 1. The van der Waals surface area contributed by atoms with Crippen LogP contribution in [-0.2, 0) is 16.1 Å². The zero-order chi connectivity index (χ0) is 28.0. The largest absolute Gasteiger partial charge is 0.390 e. The van der Waals surface area contributed by atoms with E-state index in [2.05, 4.69) is 11.0 Å². The summed E-state index contributed by atoms with van der Waals surface area (Å²) in [7, 11) is 0.